The second-order valence-electron chi connectivity index (χ2n) is 3.12. The minimum Gasteiger partial charge on any atom is -0.397 e. The number of benzene rings is 1. The number of nitrogens with two attached hydrogens (primary N) is 1. The molecule has 4 nitrogen and oxygen atoms in total. The molecule has 0 radical (unpaired) electrons. The van der Waals surface area contributed by atoms with Gasteiger partial charge in [-0.25, -0.2) is 8.78 Å². The molecule has 0 fully saturated rings. The molecule has 0 aliphatic rings. The van der Waals surface area contributed by atoms with Crippen molar-refractivity contribution in [2.24, 2.45) is 0 Å². The smallest absolute Gasteiger partial charge is 0.226 e. The Kier molecular flexibility index (Phi) is 4.19. The van der Waals surface area contributed by atoms with Crippen LogP contribution in [0.4, 0.5) is 20.2 Å². The van der Waals surface area contributed by atoms with Crippen LogP contribution in [0.25, 0.3) is 0 Å². The van der Waals surface area contributed by atoms with Gasteiger partial charge in [0.05, 0.1) is 18.7 Å². The lowest BCUT2D eigenvalue weighted by molar-refractivity contribution is -0.117. The number of halogens is 2. The van der Waals surface area contributed by atoms with Crippen molar-refractivity contribution in [3.8, 4) is 0 Å². The molecule has 1 aromatic carbocycles. The van der Waals surface area contributed by atoms with Crippen LogP contribution in [-0.2, 0) is 9.53 Å². The zero-order valence-corrected chi connectivity index (χ0v) is 8.72. The zero-order valence-electron chi connectivity index (χ0n) is 8.72. The molecule has 0 aliphatic heterocycles. The molecule has 1 rings (SSSR count). The number of carbonyl (C=O) groups excluding carboxylic acids is 1. The molecule has 0 aliphatic carbocycles. The number of carbonyl (C=O) groups is 1. The van der Waals surface area contributed by atoms with Gasteiger partial charge in [0, 0.05) is 7.11 Å². The third kappa shape index (κ3) is 2.90. The molecule has 88 valence electrons. The SMILES string of the molecule is COCCC(=O)Nc1c(N)ccc(F)c1F. The van der Waals surface area contributed by atoms with Gasteiger partial charge < -0.3 is 15.8 Å². The van der Waals surface area contributed by atoms with E-state index in [1.807, 2.05) is 0 Å². The lowest BCUT2D eigenvalue weighted by Crippen LogP contribution is -2.16. The fourth-order valence-corrected chi connectivity index (χ4v) is 1.09. The number of methoxy groups -OCH3 is 1. The van der Waals surface area contributed by atoms with E-state index in [4.69, 9.17) is 5.73 Å². The van der Waals surface area contributed by atoms with Gasteiger partial charge in [0.25, 0.3) is 0 Å². The molecule has 0 saturated carbocycles. The van der Waals surface area contributed by atoms with Crippen LogP contribution in [0, 0.1) is 11.6 Å². The number of amides is 1. The molecule has 3 N–H and O–H groups in total. The summed E-state index contributed by atoms with van der Waals surface area (Å²) in [5, 5.41) is 2.20. The minimum absolute atomic E-state index is 0.0235. The maximum atomic E-state index is 13.2. The van der Waals surface area contributed by atoms with E-state index >= 15 is 0 Å². The molecule has 1 amide bonds. The van der Waals surface area contributed by atoms with Crippen molar-refractivity contribution in [1.82, 2.24) is 0 Å². The number of rotatable bonds is 4. The highest BCUT2D eigenvalue weighted by molar-refractivity contribution is 5.94. The third-order valence-electron chi connectivity index (χ3n) is 1.92. The van der Waals surface area contributed by atoms with E-state index in [0.29, 0.717) is 0 Å². The summed E-state index contributed by atoms with van der Waals surface area (Å²) in [7, 11) is 1.43. The highest BCUT2D eigenvalue weighted by atomic mass is 19.2. The fourth-order valence-electron chi connectivity index (χ4n) is 1.09. The van der Waals surface area contributed by atoms with E-state index in [0.717, 1.165) is 6.07 Å². The summed E-state index contributed by atoms with van der Waals surface area (Å²) in [4.78, 5) is 11.3. The van der Waals surface area contributed by atoms with Gasteiger partial charge in [-0.2, -0.15) is 0 Å². The van der Waals surface area contributed by atoms with Gasteiger partial charge in [-0.05, 0) is 12.1 Å². The Morgan fingerprint density at radius 1 is 1.50 bits per heavy atom. The van der Waals surface area contributed by atoms with Gasteiger partial charge in [-0.3, -0.25) is 4.79 Å². The molecule has 0 heterocycles. The number of hydrogen-bond acceptors (Lipinski definition) is 3. The molecule has 0 saturated heterocycles. The normalized spacial score (nSPS) is 10.2. The molecule has 6 heteroatoms. The Morgan fingerprint density at radius 2 is 2.19 bits per heavy atom. The van der Waals surface area contributed by atoms with E-state index in [-0.39, 0.29) is 24.4 Å². The lowest BCUT2D eigenvalue weighted by atomic mass is 10.2. The van der Waals surface area contributed by atoms with Crippen molar-refractivity contribution < 1.29 is 18.3 Å². The Labute approximate surface area is 91.4 Å². The fraction of sp³-hybridized carbons (Fsp3) is 0.300. The van der Waals surface area contributed by atoms with Crippen LogP contribution in [0.3, 0.4) is 0 Å². The molecule has 0 bridgehead atoms. The van der Waals surface area contributed by atoms with Crippen molar-refractivity contribution in [2.45, 2.75) is 6.42 Å². The zero-order chi connectivity index (χ0) is 12.1. The minimum atomic E-state index is -1.16. The quantitative estimate of drug-likeness (QED) is 0.771. The van der Waals surface area contributed by atoms with Crippen LogP contribution < -0.4 is 11.1 Å². The summed E-state index contributed by atoms with van der Waals surface area (Å²) in [5.74, 6) is -2.71. The molecule has 0 spiro atoms. The van der Waals surface area contributed by atoms with Crippen molar-refractivity contribution in [3.05, 3.63) is 23.8 Å². The predicted octanol–water partition coefficient (Wildman–Crippen LogP) is 1.52. The summed E-state index contributed by atoms with van der Waals surface area (Å²) in [6.45, 7) is 0.197. The van der Waals surface area contributed by atoms with E-state index in [1.165, 1.54) is 13.2 Å². The number of nitrogen functional groups attached to an aromatic ring is 1. The molecular formula is C10H12F2N2O2. The van der Waals surface area contributed by atoms with Crippen LogP contribution in [-0.4, -0.2) is 19.6 Å². The Balaban J connectivity index is 2.80. The first kappa shape index (κ1) is 12.4. The van der Waals surface area contributed by atoms with E-state index < -0.39 is 17.5 Å². The molecule has 0 aromatic heterocycles. The van der Waals surface area contributed by atoms with Crippen LogP contribution in [0.1, 0.15) is 6.42 Å². The van der Waals surface area contributed by atoms with Crippen molar-refractivity contribution in [2.75, 3.05) is 24.8 Å². The number of anilines is 2. The number of hydrogen-bond donors (Lipinski definition) is 2. The summed E-state index contributed by atoms with van der Waals surface area (Å²) in [6.07, 6.45) is 0.0475. The standard InChI is InChI=1S/C10H12F2N2O2/c1-16-5-4-8(15)14-10-7(13)3-2-6(11)9(10)12/h2-3H,4-5,13H2,1H3,(H,14,15). The van der Waals surface area contributed by atoms with Gasteiger partial charge in [-0.15, -0.1) is 0 Å². The van der Waals surface area contributed by atoms with E-state index in [1.54, 1.807) is 0 Å². The van der Waals surface area contributed by atoms with Crippen molar-refractivity contribution in [3.63, 3.8) is 0 Å². The molecule has 0 unspecified atom stereocenters. The molecular weight excluding hydrogens is 218 g/mol. The largest absolute Gasteiger partial charge is 0.397 e. The van der Waals surface area contributed by atoms with Gasteiger partial charge in [0.2, 0.25) is 5.91 Å². The first-order chi connectivity index (χ1) is 7.56. The lowest BCUT2D eigenvalue weighted by Gasteiger charge is -2.09. The average Bonchev–Trinajstić information content (AvgIpc) is 2.27. The van der Waals surface area contributed by atoms with Crippen molar-refractivity contribution >= 4 is 17.3 Å². The summed E-state index contributed by atoms with van der Waals surface area (Å²) >= 11 is 0. The maximum Gasteiger partial charge on any atom is 0.226 e. The van der Waals surface area contributed by atoms with Crippen LogP contribution >= 0.6 is 0 Å². The number of nitrogens with one attached hydrogen (secondary N) is 1. The highest BCUT2D eigenvalue weighted by Crippen LogP contribution is 2.24. The second kappa shape index (κ2) is 5.41. The van der Waals surface area contributed by atoms with Gasteiger partial charge in [-0.1, -0.05) is 0 Å². The number of ether oxygens (including phenoxy) is 1. The Morgan fingerprint density at radius 3 is 2.81 bits per heavy atom. The first-order valence-electron chi connectivity index (χ1n) is 4.58. The topological polar surface area (TPSA) is 64.3 Å². The van der Waals surface area contributed by atoms with E-state index in [9.17, 15) is 13.6 Å². The predicted molar refractivity (Wildman–Crippen MR) is 55.9 cm³/mol. The van der Waals surface area contributed by atoms with E-state index in [2.05, 4.69) is 10.1 Å². The molecule has 1 aromatic rings. The van der Waals surface area contributed by atoms with Crippen LogP contribution in [0.5, 0.6) is 0 Å². The Hall–Kier alpha value is -1.69. The van der Waals surface area contributed by atoms with Crippen LogP contribution in [0.2, 0.25) is 0 Å². The van der Waals surface area contributed by atoms with Crippen LogP contribution in [0.15, 0.2) is 12.1 Å². The highest BCUT2D eigenvalue weighted by Gasteiger charge is 2.14. The summed E-state index contributed by atoms with van der Waals surface area (Å²) < 4.78 is 30.8. The third-order valence-corrected chi connectivity index (χ3v) is 1.92. The molecule has 0 atom stereocenters. The van der Waals surface area contributed by atoms with Crippen molar-refractivity contribution in [1.29, 1.82) is 0 Å². The van der Waals surface area contributed by atoms with Gasteiger partial charge in [0.1, 0.15) is 5.69 Å². The van der Waals surface area contributed by atoms with Gasteiger partial charge >= 0.3 is 0 Å². The molecule has 16 heavy (non-hydrogen) atoms. The maximum absolute atomic E-state index is 13.2. The summed E-state index contributed by atoms with van der Waals surface area (Å²) in [6, 6.07) is 2.08. The summed E-state index contributed by atoms with van der Waals surface area (Å²) in [5.41, 5.74) is 5.06. The second-order valence-corrected chi connectivity index (χ2v) is 3.12. The monoisotopic (exact) mass is 230 g/mol. The first-order valence-corrected chi connectivity index (χ1v) is 4.58. The van der Waals surface area contributed by atoms with Gasteiger partial charge in [0.15, 0.2) is 11.6 Å². The average molecular weight is 230 g/mol. The Bertz CT molecular complexity index is 397.